The van der Waals surface area contributed by atoms with Crippen LogP contribution >= 0.6 is 11.6 Å². The molecule has 0 aromatic rings. The molecule has 0 amide bonds. The summed E-state index contributed by atoms with van der Waals surface area (Å²) in [4.78, 5) is 7.77. The SMILES string of the molecule is ClCCN1CCCN(CCCN2CCCC2)CC1. The summed E-state index contributed by atoms with van der Waals surface area (Å²) in [5, 5.41) is 0. The van der Waals surface area contributed by atoms with Gasteiger partial charge in [0.1, 0.15) is 0 Å². The molecule has 3 nitrogen and oxygen atoms in total. The maximum Gasteiger partial charge on any atom is 0.0351 e. The molecule has 2 aliphatic rings. The van der Waals surface area contributed by atoms with Crippen LogP contribution in [0.25, 0.3) is 0 Å². The standard InChI is InChI=1S/C14H28ClN3/c15-5-12-18-11-4-10-17(13-14-18)9-3-8-16-6-1-2-7-16/h1-14H2. The predicted molar refractivity (Wildman–Crippen MR) is 78.5 cm³/mol. The third-order valence-corrected chi connectivity index (χ3v) is 4.40. The first kappa shape index (κ1) is 14.6. The summed E-state index contributed by atoms with van der Waals surface area (Å²) in [6, 6.07) is 0. The molecule has 0 aliphatic carbocycles. The van der Waals surface area contributed by atoms with Crippen molar-refractivity contribution in [2.24, 2.45) is 0 Å². The van der Waals surface area contributed by atoms with Gasteiger partial charge in [0, 0.05) is 25.5 Å². The van der Waals surface area contributed by atoms with Crippen molar-refractivity contribution in [1.82, 2.24) is 14.7 Å². The summed E-state index contributed by atoms with van der Waals surface area (Å²) >= 11 is 5.82. The molecular weight excluding hydrogens is 246 g/mol. The third-order valence-electron chi connectivity index (χ3n) is 4.23. The maximum atomic E-state index is 5.82. The van der Waals surface area contributed by atoms with Crippen LogP contribution in [0, 0.1) is 0 Å². The minimum atomic E-state index is 0.773. The first-order valence-corrected chi connectivity index (χ1v) is 8.15. The van der Waals surface area contributed by atoms with Crippen molar-refractivity contribution in [1.29, 1.82) is 0 Å². The fourth-order valence-electron chi connectivity index (χ4n) is 3.12. The summed E-state index contributed by atoms with van der Waals surface area (Å²) < 4.78 is 0. The van der Waals surface area contributed by atoms with Crippen molar-refractivity contribution >= 4 is 11.6 Å². The first-order valence-electron chi connectivity index (χ1n) is 7.61. The molecule has 18 heavy (non-hydrogen) atoms. The second-order valence-electron chi connectivity index (χ2n) is 5.63. The predicted octanol–water partition coefficient (Wildman–Crippen LogP) is 1.72. The summed E-state index contributed by atoms with van der Waals surface area (Å²) in [5.41, 5.74) is 0. The van der Waals surface area contributed by atoms with E-state index in [9.17, 15) is 0 Å². The third kappa shape index (κ3) is 5.04. The van der Waals surface area contributed by atoms with Gasteiger partial charge in [-0.1, -0.05) is 0 Å². The van der Waals surface area contributed by atoms with Crippen molar-refractivity contribution in [3.05, 3.63) is 0 Å². The van der Waals surface area contributed by atoms with E-state index in [-0.39, 0.29) is 0 Å². The molecule has 2 heterocycles. The van der Waals surface area contributed by atoms with Gasteiger partial charge in [-0.3, -0.25) is 0 Å². The van der Waals surface area contributed by atoms with Gasteiger partial charge in [-0.15, -0.1) is 11.6 Å². The number of hydrogen-bond donors (Lipinski definition) is 0. The average molecular weight is 274 g/mol. The van der Waals surface area contributed by atoms with Crippen LogP contribution in [0.15, 0.2) is 0 Å². The number of likely N-dealkylation sites (tertiary alicyclic amines) is 1. The minimum Gasteiger partial charge on any atom is -0.303 e. The Hall–Kier alpha value is 0.170. The Labute approximate surface area is 117 Å². The van der Waals surface area contributed by atoms with Gasteiger partial charge >= 0.3 is 0 Å². The van der Waals surface area contributed by atoms with Gasteiger partial charge in [0.05, 0.1) is 0 Å². The van der Waals surface area contributed by atoms with E-state index in [0.29, 0.717) is 0 Å². The number of hydrogen-bond acceptors (Lipinski definition) is 3. The molecule has 2 fully saturated rings. The quantitative estimate of drug-likeness (QED) is 0.683. The van der Waals surface area contributed by atoms with Crippen molar-refractivity contribution in [3.8, 4) is 0 Å². The average Bonchev–Trinajstić information content (AvgIpc) is 2.78. The van der Waals surface area contributed by atoms with Crippen molar-refractivity contribution in [2.75, 3.05) is 64.8 Å². The maximum absolute atomic E-state index is 5.82. The summed E-state index contributed by atoms with van der Waals surface area (Å²) in [5.74, 6) is 0.773. The zero-order valence-electron chi connectivity index (χ0n) is 11.6. The molecule has 0 atom stereocenters. The largest absolute Gasteiger partial charge is 0.303 e. The second-order valence-corrected chi connectivity index (χ2v) is 6.01. The Morgan fingerprint density at radius 1 is 0.611 bits per heavy atom. The Morgan fingerprint density at radius 2 is 1.11 bits per heavy atom. The lowest BCUT2D eigenvalue weighted by Crippen LogP contribution is -2.33. The lowest BCUT2D eigenvalue weighted by atomic mass is 10.3. The Morgan fingerprint density at radius 3 is 1.72 bits per heavy atom. The van der Waals surface area contributed by atoms with E-state index in [1.165, 1.54) is 78.0 Å². The van der Waals surface area contributed by atoms with Crippen LogP contribution in [0.3, 0.4) is 0 Å². The number of nitrogens with zero attached hydrogens (tertiary/aromatic N) is 3. The van der Waals surface area contributed by atoms with E-state index >= 15 is 0 Å². The van der Waals surface area contributed by atoms with E-state index in [2.05, 4.69) is 14.7 Å². The molecule has 0 aromatic heterocycles. The highest BCUT2D eigenvalue weighted by Gasteiger charge is 2.15. The molecule has 4 heteroatoms. The number of alkyl halides is 1. The molecule has 0 radical (unpaired) electrons. The van der Waals surface area contributed by atoms with Crippen molar-refractivity contribution < 1.29 is 0 Å². The van der Waals surface area contributed by atoms with E-state index in [4.69, 9.17) is 11.6 Å². The zero-order valence-corrected chi connectivity index (χ0v) is 12.4. The van der Waals surface area contributed by atoms with Crippen LogP contribution in [0.5, 0.6) is 0 Å². The summed E-state index contributed by atoms with van der Waals surface area (Å²) in [6.45, 7) is 11.3. The van der Waals surface area contributed by atoms with Crippen LogP contribution in [0.1, 0.15) is 25.7 Å². The Kier molecular flexibility index (Phi) is 6.77. The topological polar surface area (TPSA) is 9.72 Å². The fraction of sp³-hybridized carbons (Fsp3) is 1.00. The zero-order chi connectivity index (χ0) is 12.6. The smallest absolute Gasteiger partial charge is 0.0351 e. The summed E-state index contributed by atoms with van der Waals surface area (Å²) in [7, 11) is 0. The lowest BCUT2D eigenvalue weighted by Gasteiger charge is -2.22. The van der Waals surface area contributed by atoms with Crippen LogP contribution in [-0.4, -0.2) is 79.5 Å². The number of halogens is 1. The van der Waals surface area contributed by atoms with E-state index < -0.39 is 0 Å². The van der Waals surface area contributed by atoms with E-state index in [1.807, 2.05) is 0 Å². The highest BCUT2D eigenvalue weighted by Crippen LogP contribution is 2.09. The molecule has 2 aliphatic heterocycles. The fourth-order valence-corrected chi connectivity index (χ4v) is 3.35. The van der Waals surface area contributed by atoms with Gasteiger partial charge in [-0.05, 0) is 65.0 Å². The molecule has 106 valence electrons. The normalized spacial score (nSPS) is 24.5. The monoisotopic (exact) mass is 273 g/mol. The molecule has 2 saturated heterocycles. The molecule has 0 N–H and O–H groups in total. The second kappa shape index (κ2) is 8.36. The highest BCUT2D eigenvalue weighted by atomic mass is 35.5. The van der Waals surface area contributed by atoms with E-state index in [0.717, 1.165) is 12.4 Å². The van der Waals surface area contributed by atoms with E-state index in [1.54, 1.807) is 0 Å². The van der Waals surface area contributed by atoms with Gasteiger partial charge in [-0.2, -0.15) is 0 Å². The lowest BCUT2D eigenvalue weighted by molar-refractivity contribution is 0.243. The van der Waals surface area contributed by atoms with Crippen molar-refractivity contribution in [2.45, 2.75) is 25.7 Å². The Balaban J connectivity index is 1.58. The molecule has 0 spiro atoms. The van der Waals surface area contributed by atoms with Crippen LogP contribution in [-0.2, 0) is 0 Å². The van der Waals surface area contributed by atoms with Gasteiger partial charge in [0.2, 0.25) is 0 Å². The molecule has 0 bridgehead atoms. The molecule has 0 unspecified atom stereocenters. The summed E-state index contributed by atoms with van der Waals surface area (Å²) in [6.07, 6.45) is 5.48. The molecule has 0 saturated carbocycles. The molecule has 2 rings (SSSR count). The van der Waals surface area contributed by atoms with Crippen molar-refractivity contribution in [3.63, 3.8) is 0 Å². The molecule has 0 aromatic carbocycles. The highest BCUT2D eigenvalue weighted by molar-refractivity contribution is 6.18. The number of rotatable bonds is 6. The van der Waals surface area contributed by atoms with Crippen LogP contribution < -0.4 is 0 Å². The first-order chi connectivity index (χ1) is 8.88. The van der Waals surface area contributed by atoms with Gasteiger partial charge in [0.15, 0.2) is 0 Å². The molecular formula is C14H28ClN3. The van der Waals surface area contributed by atoms with Crippen LogP contribution in [0.4, 0.5) is 0 Å². The Bertz CT molecular complexity index is 219. The minimum absolute atomic E-state index is 0.773. The van der Waals surface area contributed by atoms with Gasteiger partial charge in [0.25, 0.3) is 0 Å². The van der Waals surface area contributed by atoms with Crippen LogP contribution in [0.2, 0.25) is 0 Å². The van der Waals surface area contributed by atoms with Gasteiger partial charge in [-0.25, -0.2) is 0 Å². The van der Waals surface area contributed by atoms with Gasteiger partial charge < -0.3 is 14.7 Å².